The van der Waals surface area contributed by atoms with E-state index in [2.05, 4.69) is 36.1 Å². The van der Waals surface area contributed by atoms with Crippen molar-refractivity contribution >= 4 is 23.4 Å². The molecule has 0 saturated carbocycles. The van der Waals surface area contributed by atoms with E-state index in [4.69, 9.17) is 16.7 Å². The zero-order chi connectivity index (χ0) is 14.4. The summed E-state index contributed by atoms with van der Waals surface area (Å²) in [5.74, 6) is -0.510. The molecule has 0 aliphatic carbocycles. The number of nitrogens with one attached hydrogen (secondary N) is 1. The van der Waals surface area contributed by atoms with E-state index in [1.807, 2.05) is 0 Å². The summed E-state index contributed by atoms with van der Waals surface area (Å²) in [4.78, 5) is 17.2. The zero-order valence-corrected chi connectivity index (χ0v) is 12.2. The van der Waals surface area contributed by atoms with Crippen molar-refractivity contribution in [3.8, 4) is 0 Å². The lowest BCUT2D eigenvalue weighted by molar-refractivity contribution is 0.0697. The monoisotopic (exact) mass is 285 g/mol. The maximum atomic E-state index is 10.9. The third kappa shape index (κ3) is 5.04. The molecule has 0 spiro atoms. The second-order valence-corrected chi connectivity index (χ2v) is 5.12. The number of hydrogen-bond donors (Lipinski definition) is 2. The molecule has 5 nitrogen and oxygen atoms in total. The lowest BCUT2D eigenvalue weighted by Crippen LogP contribution is -2.28. The normalized spacial score (nSPS) is 11.1. The Labute approximate surface area is 118 Å². The molecule has 0 bridgehead atoms. The predicted molar refractivity (Wildman–Crippen MR) is 77.1 cm³/mol. The molecule has 1 aromatic heterocycles. The number of carboxylic acid groups (broad SMARTS) is 1. The van der Waals surface area contributed by atoms with Crippen molar-refractivity contribution in [1.82, 2.24) is 9.88 Å². The van der Waals surface area contributed by atoms with Gasteiger partial charge in [-0.2, -0.15) is 0 Å². The fourth-order valence-corrected chi connectivity index (χ4v) is 1.69. The van der Waals surface area contributed by atoms with E-state index >= 15 is 0 Å². The number of anilines is 1. The quantitative estimate of drug-likeness (QED) is 0.754. The van der Waals surface area contributed by atoms with Crippen LogP contribution in [0.3, 0.4) is 0 Å². The van der Waals surface area contributed by atoms with Crippen LogP contribution in [0.5, 0.6) is 0 Å². The predicted octanol–water partition coefficient (Wildman–Crippen LogP) is 2.58. The average molecular weight is 286 g/mol. The van der Waals surface area contributed by atoms with Crippen LogP contribution in [0.1, 0.15) is 30.6 Å². The van der Waals surface area contributed by atoms with Gasteiger partial charge in [-0.25, -0.2) is 9.78 Å². The summed E-state index contributed by atoms with van der Waals surface area (Å²) in [5.41, 5.74) is 0.0680. The van der Waals surface area contributed by atoms with E-state index in [1.165, 1.54) is 12.3 Å². The highest BCUT2D eigenvalue weighted by atomic mass is 35.5. The summed E-state index contributed by atoms with van der Waals surface area (Å²) in [6.07, 6.45) is 2.31. The van der Waals surface area contributed by atoms with E-state index in [1.54, 1.807) is 0 Å². The van der Waals surface area contributed by atoms with Crippen LogP contribution in [0.4, 0.5) is 5.82 Å². The first-order valence-electron chi connectivity index (χ1n) is 6.24. The number of carbonyl (C=O) groups is 1. The number of carboxylic acids is 1. The van der Waals surface area contributed by atoms with E-state index in [0.29, 0.717) is 11.9 Å². The van der Waals surface area contributed by atoms with Crippen molar-refractivity contribution in [2.24, 2.45) is 0 Å². The van der Waals surface area contributed by atoms with Gasteiger partial charge in [-0.05, 0) is 39.9 Å². The van der Waals surface area contributed by atoms with Gasteiger partial charge < -0.3 is 15.3 Å². The molecule has 0 atom stereocenters. The number of aromatic carboxylic acids is 1. The summed E-state index contributed by atoms with van der Waals surface area (Å²) >= 11 is 5.75. The summed E-state index contributed by atoms with van der Waals surface area (Å²) in [5, 5.41) is 12.2. The van der Waals surface area contributed by atoms with Crippen LogP contribution in [0.2, 0.25) is 5.02 Å². The van der Waals surface area contributed by atoms with E-state index in [-0.39, 0.29) is 10.6 Å². The van der Waals surface area contributed by atoms with Crippen molar-refractivity contribution in [2.75, 3.05) is 25.5 Å². The van der Waals surface area contributed by atoms with Crippen LogP contribution in [0.15, 0.2) is 12.3 Å². The fraction of sp³-hybridized carbons (Fsp3) is 0.538. The maximum absolute atomic E-state index is 10.9. The Bertz CT molecular complexity index is 438. The summed E-state index contributed by atoms with van der Waals surface area (Å²) in [7, 11) is 2.08. The molecule has 0 aliphatic rings. The van der Waals surface area contributed by atoms with Crippen LogP contribution in [0, 0.1) is 0 Å². The van der Waals surface area contributed by atoms with Crippen molar-refractivity contribution in [2.45, 2.75) is 26.3 Å². The minimum atomic E-state index is -1.05. The molecule has 2 N–H and O–H groups in total. The Morgan fingerprint density at radius 2 is 2.26 bits per heavy atom. The molecule has 0 fully saturated rings. The number of aromatic nitrogens is 1. The van der Waals surface area contributed by atoms with Gasteiger partial charge in [-0.1, -0.05) is 11.6 Å². The van der Waals surface area contributed by atoms with Crippen LogP contribution >= 0.6 is 11.6 Å². The summed E-state index contributed by atoms with van der Waals surface area (Å²) < 4.78 is 0. The van der Waals surface area contributed by atoms with Crippen LogP contribution in [-0.2, 0) is 0 Å². The largest absolute Gasteiger partial charge is 0.478 e. The molecular weight excluding hydrogens is 266 g/mol. The van der Waals surface area contributed by atoms with Gasteiger partial charge in [0.2, 0.25) is 0 Å². The van der Waals surface area contributed by atoms with Gasteiger partial charge in [-0.15, -0.1) is 0 Å². The molecule has 6 heteroatoms. The van der Waals surface area contributed by atoms with E-state index in [0.717, 1.165) is 19.5 Å². The first-order chi connectivity index (χ1) is 8.91. The highest BCUT2D eigenvalue weighted by molar-refractivity contribution is 6.33. The van der Waals surface area contributed by atoms with Gasteiger partial charge in [0.1, 0.15) is 5.82 Å². The second kappa shape index (κ2) is 7.31. The Morgan fingerprint density at radius 3 is 2.84 bits per heavy atom. The summed E-state index contributed by atoms with van der Waals surface area (Å²) in [6.45, 7) is 6.01. The molecule has 0 radical (unpaired) electrons. The SMILES string of the molecule is CC(C)N(C)CCCNc1cc(C(=O)O)c(Cl)cn1. The minimum Gasteiger partial charge on any atom is -0.478 e. The molecule has 0 aromatic carbocycles. The second-order valence-electron chi connectivity index (χ2n) is 4.71. The molecular formula is C13H20ClN3O2. The van der Waals surface area contributed by atoms with Crippen LogP contribution in [0.25, 0.3) is 0 Å². The molecule has 0 unspecified atom stereocenters. The zero-order valence-electron chi connectivity index (χ0n) is 11.5. The molecule has 106 valence electrons. The van der Waals surface area contributed by atoms with Gasteiger partial charge in [0.05, 0.1) is 10.6 Å². The Morgan fingerprint density at radius 1 is 1.58 bits per heavy atom. The van der Waals surface area contributed by atoms with Crippen LogP contribution in [-0.4, -0.2) is 47.1 Å². The first kappa shape index (κ1) is 15.7. The molecule has 0 saturated heterocycles. The highest BCUT2D eigenvalue weighted by Crippen LogP contribution is 2.17. The number of halogens is 1. The highest BCUT2D eigenvalue weighted by Gasteiger charge is 2.10. The van der Waals surface area contributed by atoms with Gasteiger partial charge in [0.15, 0.2) is 0 Å². The smallest absolute Gasteiger partial charge is 0.337 e. The standard InChI is InChI=1S/C13H20ClN3O2/c1-9(2)17(3)6-4-5-15-12-7-10(13(18)19)11(14)8-16-12/h7-9H,4-6H2,1-3H3,(H,15,16)(H,18,19). The Balaban J connectivity index is 2.46. The topological polar surface area (TPSA) is 65.5 Å². The van der Waals surface area contributed by atoms with Crippen molar-refractivity contribution in [3.63, 3.8) is 0 Å². The van der Waals surface area contributed by atoms with Gasteiger partial charge in [0.25, 0.3) is 0 Å². The Hall–Kier alpha value is -1.33. The molecule has 1 heterocycles. The molecule has 1 aromatic rings. The number of hydrogen-bond acceptors (Lipinski definition) is 4. The first-order valence-corrected chi connectivity index (χ1v) is 6.62. The third-order valence-electron chi connectivity index (χ3n) is 2.96. The van der Waals surface area contributed by atoms with Crippen molar-refractivity contribution in [3.05, 3.63) is 22.8 Å². The van der Waals surface area contributed by atoms with Crippen molar-refractivity contribution in [1.29, 1.82) is 0 Å². The lowest BCUT2D eigenvalue weighted by Gasteiger charge is -2.20. The maximum Gasteiger partial charge on any atom is 0.337 e. The minimum absolute atomic E-state index is 0.0680. The lowest BCUT2D eigenvalue weighted by atomic mass is 10.2. The molecule has 19 heavy (non-hydrogen) atoms. The number of rotatable bonds is 7. The van der Waals surface area contributed by atoms with Gasteiger partial charge in [-0.3, -0.25) is 0 Å². The van der Waals surface area contributed by atoms with E-state index < -0.39 is 5.97 Å². The molecule has 1 rings (SSSR count). The average Bonchev–Trinajstić information content (AvgIpc) is 2.35. The number of pyridine rings is 1. The Kier molecular flexibility index (Phi) is 6.05. The van der Waals surface area contributed by atoms with Crippen molar-refractivity contribution < 1.29 is 9.90 Å². The molecule has 0 amide bonds. The summed E-state index contributed by atoms with van der Waals surface area (Å²) in [6, 6.07) is 1.98. The van der Waals surface area contributed by atoms with Gasteiger partial charge >= 0.3 is 5.97 Å². The fourth-order valence-electron chi connectivity index (χ4n) is 1.50. The third-order valence-corrected chi connectivity index (χ3v) is 3.26. The van der Waals surface area contributed by atoms with Crippen LogP contribution < -0.4 is 5.32 Å². The van der Waals surface area contributed by atoms with Gasteiger partial charge in [0, 0.05) is 18.8 Å². The molecule has 0 aliphatic heterocycles. The van der Waals surface area contributed by atoms with E-state index in [9.17, 15) is 4.79 Å². The number of nitrogens with zero attached hydrogens (tertiary/aromatic N) is 2.